The van der Waals surface area contributed by atoms with Crippen LogP contribution in [0.4, 0.5) is 8.78 Å². The van der Waals surface area contributed by atoms with Crippen LogP contribution in [0.2, 0.25) is 0 Å². The van der Waals surface area contributed by atoms with E-state index in [1.807, 2.05) is 30.3 Å². The summed E-state index contributed by atoms with van der Waals surface area (Å²) in [6, 6.07) is 13.5. The standard InChI is InChI=1S/C19H19F2NO/c20-16-10-6-11-17(21)18(16)19(23)22-12-5-4-9-15(13-22)14-7-2-1-3-8-14/h1-3,6-8,10-11,15H,4-5,9,12-13H2. The van der Waals surface area contributed by atoms with Gasteiger partial charge in [-0.3, -0.25) is 4.79 Å². The van der Waals surface area contributed by atoms with E-state index in [0.29, 0.717) is 13.1 Å². The maximum absolute atomic E-state index is 13.9. The van der Waals surface area contributed by atoms with Crippen molar-refractivity contribution in [2.24, 2.45) is 0 Å². The van der Waals surface area contributed by atoms with Crippen molar-refractivity contribution in [3.63, 3.8) is 0 Å². The first-order valence-corrected chi connectivity index (χ1v) is 7.95. The van der Waals surface area contributed by atoms with E-state index in [-0.39, 0.29) is 5.92 Å². The molecule has 1 amide bonds. The van der Waals surface area contributed by atoms with Gasteiger partial charge in [0, 0.05) is 19.0 Å². The molecule has 2 aromatic carbocycles. The van der Waals surface area contributed by atoms with Crippen molar-refractivity contribution >= 4 is 5.91 Å². The fraction of sp³-hybridized carbons (Fsp3) is 0.316. The summed E-state index contributed by atoms with van der Waals surface area (Å²) >= 11 is 0. The first kappa shape index (κ1) is 15.7. The molecular weight excluding hydrogens is 296 g/mol. The third kappa shape index (κ3) is 3.41. The zero-order valence-corrected chi connectivity index (χ0v) is 12.8. The molecule has 1 unspecified atom stereocenters. The summed E-state index contributed by atoms with van der Waals surface area (Å²) in [4.78, 5) is 14.2. The van der Waals surface area contributed by atoms with Crippen LogP contribution in [0.15, 0.2) is 48.5 Å². The van der Waals surface area contributed by atoms with E-state index in [9.17, 15) is 13.6 Å². The molecule has 1 fully saturated rings. The molecule has 0 saturated carbocycles. The van der Waals surface area contributed by atoms with Gasteiger partial charge in [0.15, 0.2) is 0 Å². The summed E-state index contributed by atoms with van der Waals surface area (Å²) in [5.74, 6) is -1.94. The molecule has 3 rings (SSSR count). The Balaban J connectivity index is 1.85. The van der Waals surface area contributed by atoms with Crippen molar-refractivity contribution in [2.75, 3.05) is 13.1 Å². The second kappa shape index (κ2) is 6.90. The fourth-order valence-corrected chi connectivity index (χ4v) is 3.18. The lowest BCUT2D eigenvalue weighted by atomic mass is 9.94. The number of likely N-dealkylation sites (tertiary alicyclic amines) is 1. The minimum absolute atomic E-state index is 0.206. The first-order chi connectivity index (χ1) is 11.2. The van der Waals surface area contributed by atoms with E-state index in [1.165, 1.54) is 11.6 Å². The van der Waals surface area contributed by atoms with E-state index in [1.54, 1.807) is 4.90 Å². The SMILES string of the molecule is O=C(c1c(F)cccc1F)N1CCCCC(c2ccccc2)C1. The van der Waals surface area contributed by atoms with Crippen LogP contribution in [-0.4, -0.2) is 23.9 Å². The van der Waals surface area contributed by atoms with Gasteiger partial charge in [0.05, 0.1) is 0 Å². The quantitative estimate of drug-likeness (QED) is 0.805. The van der Waals surface area contributed by atoms with Gasteiger partial charge >= 0.3 is 0 Å². The highest BCUT2D eigenvalue weighted by atomic mass is 19.1. The highest BCUT2D eigenvalue weighted by Crippen LogP contribution is 2.27. The molecule has 2 aromatic rings. The van der Waals surface area contributed by atoms with Gasteiger partial charge in [0.2, 0.25) is 0 Å². The van der Waals surface area contributed by atoms with Gasteiger partial charge in [0.1, 0.15) is 17.2 Å². The predicted octanol–water partition coefficient (Wildman–Crippen LogP) is 4.37. The Hall–Kier alpha value is -2.23. The maximum Gasteiger partial charge on any atom is 0.259 e. The maximum atomic E-state index is 13.9. The topological polar surface area (TPSA) is 20.3 Å². The molecule has 1 atom stereocenters. The highest BCUT2D eigenvalue weighted by Gasteiger charge is 2.27. The van der Waals surface area contributed by atoms with Gasteiger partial charge in [-0.15, -0.1) is 0 Å². The van der Waals surface area contributed by atoms with E-state index < -0.39 is 23.1 Å². The van der Waals surface area contributed by atoms with Gasteiger partial charge in [-0.05, 0) is 30.5 Å². The Morgan fingerprint density at radius 3 is 2.35 bits per heavy atom. The van der Waals surface area contributed by atoms with Crippen LogP contribution in [0.1, 0.15) is 41.1 Å². The molecule has 1 heterocycles. The first-order valence-electron chi connectivity index (χ1n) is 7.95. The van der Waals surface area contributed by atoms with Gasteiger partial charge in [-0.1, -0.05) is 42.8 Å². The number of rotatable bonds is 2. The number of carbonyl (C=O) groups excluding carboxylic acids is 1. The fourth-order valence-electron chi connectivity index (χ4n) is 3.18. The average Bonchev–Trinajstić information content (AvgIpc) is 2.81. The number of benzene rings is 2. The molecule has 0 radical (unpaired) electrons. The lowest BCUT2D eigenvalue weighted by molar-refractivity contribution is 0.0744. The van der Waals surface area contributed by atoms with Crippen LogP contribution in [-0.2, 0) is 0 Å². The Bertz CT molecular complexity index is 667. The largest absolute Gasteiger partial charge is 0.338 e. The molecule has 0 spiro atoms. The zero-order valence-electron chi connectivity index (χ0n) is 12.8. The molecule has 2 nitrogen and oxygen atoms in total. The van der Waals surface area contributed by atoms with Crippen molar-refractivity contribution in [3.05, 3.63) is 71.3 Å². The van der Waals surface area contributed by atoms with Gasteiger partial charge in [-0.25, -0.2) is 8.78 Å². The second-order valence-corrected chi connectivity index (χ2v) is 5.95. The number of carbonyl (C=O) groups is 1. The van der Waals surface area contributed by atoms with E-state index in [4.69, 9.17) is 0 Å². The van der Waals surface area contributed by atoms with Crippen molar-refractivity contribution < 1.29 is 13.6 Å². The molecule has 1 aliphatic rings. The highest BCUT2D eigenvalue weighted by molar-refractivity contribution is 5.94. The number of amides is 1. The van der Waals surface area contributed by atoms with Crippen molar-refractivity contribution in [3.8, 4) is 0 Å². The number of halogens is 2. The minimum atomic E-state index is -0.796. The number of nitrogens with zero attached hydrogens (tertiary/aromatic N) is 1. The Kier molecular flexibility index (Phi) is 4.70. The van der Waals surface area contributed by atoms with Crippen molar-refractivity contribution in [2.45, 2.75) is 25.2 Å². The zero-order chi connectivity index (χ0) is 16.2. The molecule has 0 bridgehead atoms. The third-order valence-electron chi connectivity index (χ3n) is 4.41. The van der Waals surface area contributed by atoms with Crippen LogP contribution < -0.4 is 0 Å². The summed E-state index contributed by atoms with van der Waals surface area (Å²) in [7, 11) is 0. The van der Waals surface area contributed by atoms with Crippen molar-refractivity contribution in [1.29, 1.82) is 0 Å². The molecular formula is C19H19F2NO. The van der Waals surface area contributed by atoms with Gasteiger partial charge < -0.3 is 4.90 Å². The summed E-state index contributed by atoms with van der Waals surface area (Å²) in [5.41, 5.74) is 0.724. The third-order valence-corrected chi connectivity index (χ3v) is 4.41. The van der Waals surface area contributed by atoms with Crippen LogP contribution in [0.25, 0.3) is 0 Å². The Morgan fingerprint density at radius 2 is 1.65 bits per heavy atom. The molecule has 0 aromatic heterocycles. The summed E-state index contributed by atoms with van der Waals surface area (Å²) < 4.78 is 27.8. The van der Waals surface area contributed by atoms with Gasteiger partial charge in [0.25, 0.3) is 5.91 Å². The van der Waals surface area contributed by atoms with E-state index in [2.05, 4.69) is 0 Å². The van der Waals surface area contributed by atoms with Crippen LogP contribution in [0.5, 0.6) is 0 Å². The number of hydrogen-bond acceptors (Lipinski definition) is 1. The monoisotopic (exact) mass is 315 g/mol. The number of hydrogen-bond donors (Lipinski definition) is 0. The summed E-state index contributed by atoms with van der Waals surface area (Å²) in [6.45, 7) is 1.03. The molecule has 0 aliphatic carbocycles. The Morgan fingerprint density at radius 1 is 0.957 bits per heavy atom. The van der Waals surface area contributed by atoms with E-state index in [0.717, 1.165) is 31.4 Å². The Labute approximate surface area is 134 Å². The van der Waals surface area contributed by atoms with Crippen molar-refractivity contribution in [1.82, 2.24) is 4.90 Å². The van der Waals surface area contributed by atoms with E-state index >= 15 is 0 Å². The van der Waals surface area contributed by atoms with Crippen LogP contribution in [0, 0.1) is 11.6 Å². The lowest BCUT2D eigenvalue weighted by Gasteiger charge is -2.25. The molecule has 4 heteroatoms. The van der Waals surface area contributed by atoms with Crippen LogP contribution >= 0.6 is 0 Å². The molecule has 1 saturated heterocycles. The summed E-state index contributed by atoms with van der Waals surface area (Å²) in [6.07, 6.45) is 2.84. The molecule has 0 N–H and O–H groups in total. The average molecular weight is 315 g/mol. The normalized spacial score (nSPS) is 18.5. The smallest absolute Gasteiger partial charge is 0.259 e. The minimum Gasteiger partial charge on any atom is -0.338 e. The molecule has 120 valence electrons. The lowest BCUT2D eigenvalue weighted by Crippen LogP contribution is -2.35. The summed E-state index contributed by atoms with van der Waals surface area (Å²) in [5, 5.41) is 0. The molecule has 23 heavy (non-hydrogen) atoms. The second-order valence-electron chi connectivity index (χ2n) is 5.95. The predicted molar refractivity (Wildman–Crippen MR) is 85.3 cm³/mol. The van der Waals surface area contributed by atoms with Gasteiger partial charge in [-0.2, -0.15) is 0 Å². The molecule has 1 aliphatic heterocycles. The van der Waals surface area contributed by atoms with Crippen LogP contribution in [0.3, 0.4) is 0 Å².